The molecule has 0 bridgehead atoms. The first-order chi connectivity index (χ1) is 11.0. The molecule has 0 aliphatic heterocycles. The Morgan fingerprint density at radius 3 is 1.87 bits per heavy atom. The molecule has 1 aromatic rings. The molecule has 1 rings (SSSR count). The lowest BCUT2D eigenvalue weighted by atomic mass is 10.0. The number of carbonyl (C=O) groups is 1. The van der Waals surface area contributed by atoms with Gasteiger partial charge in [0.05, 0.1) is 6.10 Å². The molecule has 134 valence electrons. The van der Waals surface area contributed by atoms with Crippen LogP contribution in [0, 0.1) is 0 Å². The van der Waals surface area contributed by atoms with Gasteiger partial charge in [-0.2, -0.15) is 0 Å². The lowest BCUT2D eigenvalue weighted by Crippen LogP contribution is -2.37. The summed E-state index contributed by atoms with van der Waals surface area (Å²) in [5, 5.41) is 9.68. The van der Waals surface area contributed by atoms with Crippen molar-refractivity contribution in [2.24, 2.45) is 0 Å². The molecule has 0 radical (unpaired) electrons. The van der Waals surface area contributed by atoms with Gasteiger partial charge < -0.3 is 10.0 Å². The largest absolute Gasteiger partial charge is 0.391 e. The van der Waals surface area contributed by atoms with Gasteiger partial charge in [0.1, 0.15) is 0 Å². The SMILES string of the molecule is CC.CC.CCC(O)CN(CC)C(=O)c1ccc(C(C)C)cc1. The maximum absolute atomic E-state index is 12.3. The second-order valence-electron chi connectivity index (χ2n) is 5.18. The van der Waals surface area contributed by atoms with E-state index in [1.54, 1.807) is 4.90 Å². The van der Waals surface area contributed by atoms with Gasteiger partial charge in [0.15, 0.2) is 0 Å². The Morgan fingerprint density at radius 1 is 1.04 bits per heavy atom. The monoisotopic (exact) mass is 323 g/mol. The molecular formula is C20H37NO2. The van der Waals surface area contributed by atoms with Crippen molar-refractivity contribution in [3.8, 4) is 0 Å². The van der Waals surface area contributed by atoms with Crippen molar-refractivity contribution in [3.05, 3.63) is 35.4 Å². The Kier molecular flexibility index (Phi) is 14.8. The van der Waals surface area contributed by atoms with Crippen molar-refractivity contribution in [2.75, 3.05) is 13.1 Å². The minimum Gasteiger partial charge on any atom is -0.391 e. The van der Waals surface area contributed by atoms with Crippen molar-refractivity contribution >= 4 is 5.91 Å². The number of hydrogen-bond donors (Lipinski definition) is 1. The van der Waals surface area contributed by atoms with Crippen LogP contribution in [0.4, 0.5) is 0 Å². The number of aliphatic hydroxyl groups excluding tert-OH is 1. The van der Waals surface area contributed by atoms with Crippen molar-refractivity contribution < 1.29 is 9.90 Å². The second kappa shape index (κ2) is 14.3. The molecule has 0 aliphatic rings. The number of benzene rings is 1. The first kappa shape index (κ1) is 23.9. The molecule has 0 aromatic heterocycles. The van der Waals surface area contributed by atoms with Gasteiger partial charge in [0, 0.05) is 18.7 Å². The predicted octanol–water partition coefficient (Wildman–Crippen LogP) is 5.10. The number of aliphatic hydroxyl groups is 1. The normalized spacial score (nSPS) is 10.9. The number of rotatable bonds is 6. The minimum absolute atomic E-state index is 0.00898. The summed E-state index contributed by atoms with van der Waals surface area (Å²) in [4.78, 5) is 14.0. The van der Waals surface area contributed by atoms with Crippen LogP contribution in [0.5, 0.6) is 0 Å². The van der Waals surface area contributed by atoms with Crippen molar-refractivity contribution in [3.63, 3.8) is 0 Å². The van der Waals surface area contributed by atoms with Crippen LogP contribution in [0.25, 0.3) is 0 Å². The first-order valence-corrected chi connectivity index (χ1v) is 9.06. The average Bonchev–Trinajstić information content (AvgIpc) is 2.62. The molecule has 1 unspecified atom stereocenters. The molecule has 1 atom stereocenters. The van der Waals surface area contributed by atoms with Crippen LogP contribution in [0.1, 0.15) is 83.7 Å². The standard InChI is InChI=1S/C16H25NO2.2C2H6/c1-5-15(18)11-17(6-2)16(19)14-9-7-13(8-10-14)12(3)4;2*1-2/h7-10,12,15,18H,5-6,11H2,1-4H3;2*1-2H3. The van der Waals surface area contributed by atoms with Crippen LogP contribution in [-0.2, 0) is 0 Å². The highest BCUT2D eigenvalue weighted by Gasteiger charge is 2.16. The summed E-state index contributed by atoms with van der Waals surface area (Å²) in [5.74, 6) is 0.457. The summed E-state index contributed by atoms with van der Waals surface area (Å²) in [6.07, 6.45) is 0.217. The zero-order valence-electron chi connectivity index (χ0n) is 16.4. The average molecular weight is 324 g/mol. The Bertz CT molecular complexity index is 399. The molecular weight excluding hydrogens is 286 g/mol. The summed E-state index contributed by atoms with van der Waals surface area (Å²) in [5.41, 5.74) is 1.92. The Balaban J connectivity index is 0. The highest BCUT2D eigenvalue weighted by molar-refractivity contribution is 5.94. The van der Waals surface area contributed by atoms with E-state index in [0.717, 1.165) is 0 Å². The van der Waals surface area contributed by atoms with E-state index in [4.69, 9.17) is 0 Å². The molecule has 1 N–H and O–H groups in total. The zero-order chi connectivity index (χ0) is 18.4. The fraction of sp³-hybridized carbons (Fsp3) is 0.650. The van der Waals surface area contributed by atoms with Gasteiger partial charge in [0.25, 0.3) is 5.91 Å². The summed E-state index contributed by atoms with van der Waals surface area (Å²) in [6, 6.07) is 7.75. The number of nitrogens with zero attached hydrogens (tertiary/aromatic N) is 1. The van der Waals surface area contributed by atoms with Crippen LogP contribution in [0.2, 0.25) is 0 Å². The van der Waals surface area contributed by atoms with Crippen LogP contribution in [-0.4, -0.2) is 35.1 Å². The number of likely N-dealkylation sites (N-methyl/N-ethyl adjacent to an activating group) is 1. The van der Waals surface area contributed by atoms with E-state index in [9.17, 15) is 9.90 Å². The Labute approximate surface area is 143 Å². The van der Waals surface area contributed by atoms with Gasteiger partial charge in [-0.3, -0.25) is 4.79 Å². The van der Waals surface area contributed by atoms with E-state index in [2.05, 4.69) is 13.8 Å². The molecule has 23 heavy (non-hydrogen) atoms. The van der Waals surface area contributed by atoms with E-state index in [1.807, 2.05) is 65.8 Å². The molecule has 1 aromatic carbocycles. The number of carbonyl (C=O) groups excluding carboxylic acids is 1. The Hall–Kier alpha value is -1.35. The van der Waals surface area contributed by atoms with Gasteiger partial charge in [-0.25, -0.2) is 0 Å². The van der Waals surface area contributed by atoms with Crippen molar-refractivity contribution in [2.45, 2.75) is 73.8 Å². The first-order valence-electron chi connectivity index (χ1n) is 9.06. The van der Waals surface area contributed by atoms with Gasteiger partial charge in [-0.05, 0) is 37.0 Å². The molecule has 0 aliphatic carbocycles. The maximum Gasteiger partial charge on any atom is 0.253 e. The molecule has 1 amide bonds. The topological polar surface area (TPSA) is 40.5 Å². The van der Waals surface area contributed by atoms with Crippen molar-refractivity contribution in [1.82, 2.24) is 4.90 Å². The minimum atomic E-state index is -0.446. The number of amides is 1. The summed E-state index contributed by atoms with van der Waals surface area (Å²) in [6.45, 7) is 17.1. The van der Waals surface area contributed by atoms with Gasteiger partial charge in [0.2, 0.25) is 0 Å². The van der Waals surface area contributed by atoms with E-state index in [-0.39, 0.29) is 5.91 Å². The Morgan fingerprint density at radius 2 is 1.52 bits per heavy atom. The molecule has 0 fully saturated rings. The fourth-order valence-corrected chi connectivity index (χ4v) is 1.93. The molecule has 3 nitrogen and oxygen atoms in total. The van der Waals surface area contributed by atoms with Gasteiger partial charge >= 0.3 is 0 Å². The van der Waals surface area contributed by atoms with E-state index in [0.29, 0.717) is 31.0 Å². The molecule has 0 spiro atoms. The van der Waals surface area contributed by atoms with E-state index < -0.39 is 6.10 Å². The molecule has 0 saturated carbocycles. The van der Waals surface area contributed by atoms with Crippen LogP contribution in [0.3, 0.4) is 0 Å². The summed E-state index contributed by atoms with van der Waals surface area (Å²) >= 11 is 0. The third-order valence-corrected chi connectivity index (χ3v) is 3.40. The predicted molar refractivity (Wildman–Crippen MR) is 101 cm³/mol. The summed E-state index contributed by atoms with van der Waals surface area (Å²) < 4.78 is 0. The van der Waals surface area contributed by atoms with Crippen LogP contribution in [0.15, 0.2) is 24.3 Å². The second-order valence-corrected chi connectivity index (χ2v) is 5.18. The fourth-order valence-electron chi connectivity index (χ4n) is 1.93. The molecule has 0 heterocycles. The molecule has 3 heteroatoms. The van der Waals surface area contributed by atoms with E-state index >= 15 is 0 Å². The highest BCUT2D eigenvalue weighted by atomic mass is 16.3. The molecule has 0 saturated heterocycles. The van der Waals surface area contributed by atoms with Crippen molar-refractivity contribution in [1.29, 1.82) is 0 Å². The van der Waals surface area contributed by atoms with Gasteiger partial charge in [-0.1, -0.05) is 60.6 Å². The smallest absolute Gasteiger partial charge is 0.253 e. The lowest BCUT2D eigenvalue weighted by Gasteiger charge is -2.23. The van der Waals surface area contributed by atoms with Crippen LogP contribution < -0.4 is 0 Å². The maximum atomic E-state index is 12.3. The van der Waals surface area contributed by atoms with E-state index in [1.165, 1.54) is 5.56 Å². The third kappa shape index (κ3) is 8.75. The highest BCUT2D eigenvalue weighted by Crippen LogP contribution is 2.16. The lowest BCUT2D eigenvalue weighted by molar-refractivity contribution is 0.0630. The third-order valence-electron chi connectivity index (χ3n) is 3.40. The van der Waals surface area contributed by atoms with Crippen LogP contribution >= 0.6 is 0 Å². The quantitative estimate of drug-likeness (QED) is 0.791. The zero-order valence-corrected chi connectivity index (χ0v) is 16.4. The summed E-state index contributed by atoms with van der Waals surface area (Å²) in [7, 11) is 0. The van der Waals surface area contributed by atoms with Gasteiger partial charge in [-0.15, -0.1) is 0 Å². The number of hydrogen-bond acceptors (Lipinski definition) is 2.